The number of ether oxygens (including phenoxy) is 5. The van der Waals surface area contributed by atoms with E-state index in [1.54, 1.807) is 0 Å². The van der Waals surface area contributed by atoms with Crippen molar-refractivity contribution in [1.82, 2.24) is 5.32 Å². The topological polar surface area (TPSA) is 75.3 Å². The van der Waals surface area contributed by atoms with Crippen molar-refractivity contribution in [1.29, 1.82) is 0 Å². The molecule has 7 nitrogen and oxygen atoms in total. The Bertz CT molecular complexity index is 1210. The first kappa shape index (κ1) is 28.5. The van der Waals surface area contributed by atoms with Gasteiger partial charge in [0.1, 0.15) is 28.6 Å². The molecule has 3 aromatic carbocycles. The number of nitrogens with one attached hydrogen (secondary N) is 1. The SMILES string of the molecule is CCC(c1ccc(Oc2ccc(Oc3ccccc3)cc2)cc1)C1(NC(=O)OC(C)(C)C)COC(C)(C)OC1. The van der Waals surface area contributed by atoms with Crippen LogP contribution in [0.25, 0.3) is 0 Å². The van der Waals surface area contributed by atoms with Crippen molar-refractivity contribution in [2.24, 2.45) is 0 Å². The second kappa shape index (κ2) is 11.7. The standard InChI is InChI=1S/C32H39NO6/c1-7-28(32(21-35-31(5,6)36-22-32)33-29(34)39-30(2,3)4)23-13-15-25(16-14-23)38-27-19-17-26(18-20-27)37-24-11-9-8-10-12-24/h8-20,28H,7,21-22H2,1-6H3,(H,33,34). The van der Waals surface area contributed by atoms with Crippen LogP contribution in [0.15, 0.2) is 78.9 Å². The number of carbonyl (C=O) groups is 1. The molecule has 0 aromatic heterocycles. The van der Waals surface area contributed by atoms with Gasteiger partial charge in [-0.25, -0.2) is 4.79 Å². The minimum atomic E-state index is -0.788. The van der Waals surface area contributed by atoms with E-state index in [-0.39, 0.29) is 5.92 Å². The average Bonchev–Trinajstić information content (AvgIpc) is 2.88. The van der Waals surface area contributed by atoms with Gasteiger partial charge >= 0.3 is 6.09 Å². The van der Waals surface area contributed by atoms with Crippen LogP contribution in [-0.4, -0.2) is 36.2 Å². The molecule has 3 aromatic rings. The highest BCUT2D eigenvalue weighted by atomic mass is 16.7. The number of amides is 1. The summed E-state index contributed by atoms with van der Waals surface area (Å²) < 4.78 is 29.6. The van der Waals surface area contributed by atoms with Gasteiger partial charge in [0.2, 0.25) is 0 Å². The lowest BCUT2D eigenvalue weighted by atomic mass is 9.77. The lowest BCUT2D eigenvalue weighted by molar-refractivity contribution is -0.273. The number of hydrogen-bond acceptors (Lipinski definition) is 6. The molecule has 0 saturated carbocycles. The molecule has 1 amide bonds. The van der Waals surface area contributed by atoms with Crippen LogP contribution in [0.1, 0.15) is 59.4 Å². The molecule has 0 radical (unpaired) electrons. The summed E-state index contributed by atoms with van der Waals surface area (Å²) in [5.41, 5.74) is -0.365. The fraction of sp³-hybridized carbons (Fsp3) is 0.406. The van der Waals surface area contributed by atoms with Crippen LogP contribution >= 0.6 is 0 Å². The van der Waals surface area contributed by atoms with Gasteiger partial charge in [0.15, 0.2) is 5.79 Å². The Morgan fingerprint density at radius 1 is 0.821 bits per heavy atom. The van der Waals surface area contributed by atoms with Crippen molar-refractivity contribution < 1.29 is 28.5 Å². The molecule has 1 saturated heterocycles. The summed E-state index contributed by atoms with van der Waals surface area (Å²) in [5.74, 6) is 2.12. The first-order valence-corrected chi connectivity index (χ1v) is 13.4. The molecule has 208 valence electrons. The van der Waals surface area contributed by atoms with Crippen LogP contribution in [0.5, 0.6) is 23.0 Å². The van der Waals surface area contributed by atoms with Gasteiger partial charge in [-0.1, -0.05) is 37.3 Å². The first-order valence-electron chi connectivity index (χ1n) is 13.4. The van der Waals surface area contributed by atoms with Gasteiger partial charge in [0.25, 0.3) is 0 Å². The molecular weight excluding hydrogens is 494 g/mol. The van der Waals surface area contributed by atoms with Crippen LogP contribution in [-0.2, 0) is 14.2 Å². The summed E-state index contributed by atoms with van der Waals surface area (Å²) in [6.45, 7) is 12.0. The monoisotopic (exact) mass is 533 g/mol. The molecule has 1 heterocycles. The normalized spacial score (nSPS) is 17.1. The lowest BCUT2D eigenvalue weighted by Gasteiger charge is -2.47. The van der Waals surface area contributed by atoms with Gasteiger partial charge in [-0.3, -0.25) is 0 Å². The molecule has 39 heavy (non-hydrogen) atoms. The Balaban J connectivity index is 1.47. The average molecular weight is 534 g/mol. The van der Waals surface area contributed by atoms with Crippen LogP contribution in [0.2, 0.25) is 0 Å². The van der Waals surface area contributed by atoms with E-state index in [1.165, 1.54) is 0 Å². The molecule has 1 atom stereocenters. The van der Waals surface area contributed by atoms with Gasteiger partial charge < -0.3 is 29.0 Å². The zero-order chi connectivity index (χ0) is 28.1. The van der Waals surface area contributed by atoms with Gasteiger partial charge in [0.05, 0.1) is 18.8 Å². The van der Waals surface area contributed by atoms with Gasteiger partial charge in [-0.15, -0.1) is 0 Å². The summed E-state index contributed by atoms with van der Waals surface area (Å²) in [7, 11) is 0. The van der Waals surface area contributed by atoms with E-state index in [4.69, 9.17) is 23.7 Å². The summed E-state index contributed by atoms with van der Waals surface area (Å²) in [4.78, 5) is 12.9. The maximum Gasteiger partial charge on any atom is 0.408 e. The molecule has 1 aliphatic rings. The largest absolute Gasteiger partial charge is 0.457 e. The summed E-state index contributed by atoms with van der Waals surface area (Å²) in [6.07, 6.45) is 0.263. The van der Waals surface area contributed by atoms with Crippen molar-refractivity contribution in [2.75, 3.05) is 13.2 Å². The number of benzene rings is 3. The zero-order valence-corrected chi connectivity index (χ0v) is 23.7. The third-order valence-corrected chi connectivity index (χ3v) is 6.50. The highest BCUT2D eigenvalue weighted by Crippen LogP contribution is 2.38. The summed E-state index contributed by atoms with van der Waals surface area (Å²) in [5, 5.41) is 3.10. The van der Waals surface area contributed by atoms with E-state index in [0.717, 1.165) is 23.5 Å². The molecule has 4 rings (SSSR count). The number of alkyl carbamates (subject to hydrolysis) is 1. The van der Waals surface area contributed by atoms with E-state index in [1.807, 2.05) is 113 Å². The van der Waals surface area contributed by atoms with Crippen molar-refractivity contribution >= 4 is 6.09 Å². The summed E-state index contributed by atoms with van der Waals surface area (Å²) >= 11 is 0. The second-order valence-corrected chi connectivity index (χ2v) is 11.3. The predicted octanol–water partition coefficient (Wildman–Crippen LogP) is 7.81. The molecule has 1 aliphatic heterocycles. The van der Waals surface area contributed by atoms with Crippen molar-refractivity contribution in [3.8, 4) is 23.0 Å². The van der Waals surface area contributed by atoms with Crippen LogP contribution in [0, 0.1) is 0 Å². The number of para-hydroxylation sites is 1. The molecule has 0 bridgehead atoms. The van der Waals surface area contributed by atoms with Gasteiger partial charge in [-0.2, -0.15) is 0 Å². The van der Waals surface area contributed by atoms with E-state index in [9.17, 15) is 4.79 Å². The summed E-state index contributed by atoms with van der Waals surface area (Å²) in [6, 6.07) is 25.1. The minimum absolute atomic E-state index is 0.0791. The third kappa shape index (κ3) is 7.74. The Kier molecular flexibility index (Phi) is 8.52. The van der Waals surface area contributed by atoms with E-state index < -0.39 is 23.0 Å². The smallest absolute Gasteiger partial charge is 0.408 e. The molecule has 0 spiro atoms. The molecule has 0 aliphatic carbocycles. The maximum absolute atomic E-state index is 12.9. The van der Waals surface area contributed by atoms with Gasteiger partial charge in [0, 0.05) is 5.92 Å². The fourth-order valence-electron chi connectivity index (χ4n) is 4.61. The van der Waals surface area contributed by atoms with E-state index in [0.29, 0.717) is 24.7 Å². The molecule has 1 fully saturated rings. The number of hydrogen-bond donors (Lipinski definition) is 1. The predicted molar refractivity (Wildman–Crippen MR) is 151 cm³/mol. The van der Waals surface area contributed by atoms with Crippen molar-refractivity contribution in [3.05, 3.63) is 84.4 Å². The quantitative estimate of drug-likeness (QED) is 0.318. The second-order valence-electron chi connectivity index (χ2n) is 11.3. The molecular formula is C32H39NO6. The fourth-order valence-corrected chi connectivity index (χ4v) is 4.61. The highest BCUT2D eigenvalue weighted by molar-refractivity contribution is 5.69. The van der Waals surface area contributed by atoms with Gasteiger partial charge in [-0.05, 0) is 95.1 Å². The Morgan fingerprint density at radius 2 is 1.28 bits per heavy atom. The maximum atomic E-state index is 12.9. The number of rotatable bonds is 8. The molecule has 1 unspecified atom stereocenters. The Hall–Kier alpha value is -3.55. The van der Waals surface area contributed by atoms with E-state index in [2.05, 4.69) is 12.2 Å². The highest BCUT2D eigenvalue weighted by Gasteiger charge is 2.47. The zero-order valence-electron chi connectivity index (χ0n) is 23.7. The molecule has 7 heteroatoms. The lowest BCUT2D eigenvalue weighted by Crippen LogP contribution is -2.64. The van der Waals surface area contributed by atoms with Crippen LogP contribution in [0.4, 0.5) is 4.79 Å². The first-order chi connectivity index (χ1) is 18.5. The third-order valence-electron chi connectivity index (χ3n) is 6.50. The minimum Gasteiger partial charge on any atom is -0.457 e. The van der Waals surface area contributed by atoms with Crippen LogP contribution < -0.4 is 14.8 Å². The van der Waals surface area contributed by atoms with E-state index >= 15 is 0 Å². The Morgan fingerprint density at radius 3 is 1.74 bits per heavy atom. The Labute approximate surface area is 231 Å². The van der Waals surface area contributed by atoms with Crippen molar-refractivity contribution in [2.45, 2.75) is 70.8 Å². The number of carbonyl (C=O) groups excluding carboxylic acids is 1. The van der Waals surface area contributed by atoms with Crippen LogP contribution in [0.3, 0.4) is 0 Å². The molecule has 1 N–H and O–H groups in total. The van der Waals surface area contributed by atoms with Crippen molar-refractivity contribution in [3.63, 3.8) is 0 Å².